The van der Waals surface area contributed by atoms with Gasteiger partial charge in [-0.1, -0.05) is 29.3 Å². The van der Waals surface area contributed by atoms with Crippen LogP contribution in [0, 0.1) is 0 Å². The first-order chi connectivity index (χ1) is 15.8. The van der Waals surface area contributed by atoms with Crippen LogP contribution in [0.15, 0.2) is 72.0 Å². The van der Waals surface area contributed by atoms with E-state index in [1.165, 1.54) is 12.3 Å². The van der Waals surface area contributed by atoms with Crippen molar-refractivity contribution in [1.29, 1.82) is 0 Å². The van der Waals surface area contributed by atoms with E-state index < -0.39 is 11.5 Å². The molecule has 3 aromatic rings. The standard InChI is InChI=1S/C25H18Cl2N2O4/c1-33-22-6-3-15(17-10-18(24(31)32)14-28-13-17)9-16(22)12-25(7-2-8-29-25)23(30)20-5-4-19(26)11-21(20)27/h2-11,13-14H,12H2,1H3,(H,31,32). The molecule has 0 amide bonds. The summed E-state index contributed by atoms with van der Waals surface area (Å²) >= 11 is 12.3. The van der Waals surface area contributed by atoms with Crippen molar-refractivity contribution in [2.45, 2.75) is 12.0 Å². The van der Waals surface area contributed by atoms with E-state index in [-0.39, 0.29) is 22.8 Å². The minimum absolute atomic E-state index is 0.0808. The molecule has 4 rings (SSSR count). The van der Waals surface area contributed by atoms with Gasteiger partial charge in [0.2, 0.25) is 0 Å². The van der Waals surface area contributed by atoms with Crippen LogP contribution in [0.5, 0.6) is 5.75 Å². The third-order valence-corrected chi connectivity index (χ3v) is 5.94. The normalized spacial score (nSPS) is 16.7. The Morgan fingerprint density at radius 2 is 1.88 bits per heavy atom. The Labute approximate surface area is 200 Å². The van der Waals surface area contributed by atoms with Crippen LogP contribution >= 0.6 is 23.2 Å². The van der Waals surface area contributed by atoms with Crippen LogP contribution in [0.4, 0.5) is 0 Å². The van der Waals surface area contributed by atoms with Crippen molar-refractivity contribution < 1.29 is 19.4 Å². The number of aromatic nitrogens is 1. The lowest BCUT2D eigenvalue weighted by molar-refractivity contribution is 0.0696. The van der Waals surface area contributed by atoms with Crippen molar-refractivity contribution in [3.63, 3.8) is 0 Å². The van der Waals surface area contributed by atoms with Gasteiger partial charge in [-0.2, -0.15) is 0 Å². The van der Waals surface area contributed by atoms with Gasteiger partial charge in [-0.15, -0.1) is 0 Å². The molecular weight excluding hydrogens is 463 g/mol. The Morgan fingerprint density at radius 3 is 2.55 bits per heavy atom. The molecule has 1 aromatic heterocycles. The molecule has 1 unspecified atom stereocenters. The second kappa shape index (κ2) is 9.17. The largest absolute Gasteiger partial charge is 0.496 e. The van der Waals surface area contributed by atoms with Crippen LogP contribution in [0.2, 0.25) is 10.0 Å². The average Bonchev–Trinajstić information content (AvgIpc) is 3.28. The molecule has 2 heterocycles. The number of hydrogen-bond acceptors (Lipinski definition) is 5. The number of hydrogen-bond donors (Lipinski definition) is 1. The van der Waals surface area contributed by atoms with Crippen molar-refractivity contribution in [2.75, 3.05) is 7.11 Å². The number of benzene rings is 2. The molecule has 0 saturated heterocycles. The van der Waals surface area contributed by atoms with Gasteiger partial charge in [-0.3, -0.25) is 14.8 Å². The van der Waals surface area contributed by atoms with Crippen LogP contribution in [-0.4, -0.2) is 40.7 Å². The number of methoxy groups -OCH3 is 1. The predicted octanol–water partition coefficient (Wildman–Crippen LogP) is 5.57. The maximum Gasteiger partial charge on any atom is 0.337 e. The highest BCUT2D eigenvalue weighted by atomic mass is 35.5. The molecule has 1 aliphatic rings. The summed E-state index contributed by atoms with van der Waals surface area (Å²) in [6.07, 6.45) is 8.12. The van der Waals surface area contributed by atoms with E-state index in [4.69, 9.17) is 27.9 Å². The number of ketones is 1. The SMILES string of the molecule is COc1ccc(-c2cncc(C(=O)O)c2)cc1CC1(C(=O)c2ccc(Cl)cc2Cl)C=CC=N1. The molecule has 6 nitrogen and oxygen atoms in total. The summed E-state index contributed by atoms with van der Waals surface area (Å²) in [4.78, 5) is 33.4. The molecule has 0 fully saturated rings. The van der Waals surface area contributed by atoms with E-state index in [9.17, 15) is 14.7 Å². The average molecular weight is 481 g/mol. The van der Waals surface area contributed by atoms with Gasteiger partial charge in [0.15, 0.2) is 5.78 Å². The van der Waals surface area contributed by atoms with Crippen molar-refractivity contribution >= 4 is 41.2 Å². The lowest BCUT2D eigenvalue weighted by Crippen LogP contribution is -2.36. The van der Waals surface area contributed by atoms with E-state index >= 15 is 0 Å². The number of pyridine rings is 1. The Morgan fingerprint density at radius 1 is 1.06 bits per heavy atom. The zero-order valence-corrected chi connectivity index (χ0v) is 19.0. The summed E-state index contributed by atoms with van der Waals surface area (Å²) in [5.74, 6) is -0.755. The van der Waals surface area contributed by atoms with Crippen LogP contribution in [0.1, 0.15) is 26.3 Å². The minimum atomic E-state index is -1.20. The number of carboxylic acid groups (broad SMARTS) is 1. The van der Waals surface area contributed by atoms with E-state index in [1.807, 2.05) is 12.1 Å². The highest BCUT2D eigenvalue weighted by Gasteiger charge is 2.39. The number of carbonyl (C=O) groups excluding carboxylic acids is 1. The maximum atomic E-state index is 13.6. The smallest absolute Gasteiger partial charge is 0.337 e. The molecule has 2 aromatic carbocycles. The van der Waals surface area contributed by atoms with Gasteiger partial charge < -0.3 is 9.84 Å². The van der Waals surface area contributed by atoms with Crippen LogP contribution in [0.25, 0.3) is 11.1 Å². The molecule has 1 atom stereocenters. The van der Waals surface area contributed by atoms with Gasteiger partial charge >= 0.3 is 5.97 Å². The molecule has 33 heavy (non-hydrogen) atoms. The van der Waals surface area contributed by atoms with Crippen molar-refractivity contribution in [2.24, 2.45) is 4.99 Å². The third kappa shape index (κ3) is 4.53. The molecule has 0 bridgehead atoms. The van der Waals surface area contributed by atoms with Crippen LogP contribution in [-0.2, 0) is 6.42 Å². The first-order valence-corrected chi connectivity index (χ1v) is 10.7. The van der Waals surface area contributed by atoms with Gasteiger partial charge in [0, 0.05) is 41.2 Å². The number of rotatable bonds is 7. The molecule has 0 spiro atoms. The summed E-state index contributed by atoms with van der Waals surface area (Å²) in [5, 5.41) is 9.97. The van der Waals surface area contributed by atoms with E-state index in [2.05, 4.69) is 9.98 Å². The zero-order valence-electron chi connectivity index (χ0n) is 17.5. The Balaban J connectivity index is 1.76. The number of halogens is 2. The molecule has 1 aliphatic heterocycles. The van der Waals surface area contributed by atoms with E-state index in [1.54, 1.807) is 55.9 Å². The number of carboxylic acids is 1. The Bertz CT molecular complexity index is 1310. The molecular formula is C25H18Cl2N2O4. The lowest BCUT2D eigenvalue weighted by Gasteiger charge is -2.25. The monoisotopic (exact) mass is 480 g/mol. The number of allylic oxidation sites excluding steroid dienone is 1. The highest BCUT2D eigenvalue weighted by molar-refractivity contribution is 6.37. The molecule has 166 valence electrons. The van der Waals surface area contributed by atoms with Crippen molar-refractivity contribution in [3.05, 3.63) is 93.7 Å². The lowest BCUT2D eigenvalue weighted by atomic mass is 9.83. The first-order valence-electron chi connectivity index (χ1n) is 9.91. The number of carbonyl (C=O) groups is 2. The quantitative estimate of drug-likeness (QED) is 0.446. The van der Waals surface area contributed by atoms with E-state index in [0.717, 1.165) is 11.1 Å². The second-order valence-electron chi connectivity index (χ2n) is 7.49. The Kier molecular flexibility index (Phi) is 6.31. The molecule has 0 saturated carbocycles. The second-order valence-corrected chi connectivity index (χ2v) is 8.33. The first kappa shape index (κ1) is 22.7. The van der Waals surface area contributed by atoms with Gasteiger partial charge in [0.1, 0.15) is 11.3 Å². The summed E-state index contributed by atoms with van der Waals surface area (Å²) in [5.41, 5.74) is 1.28. The summed E-state index contributed by atoms with van der Waals surface area (Å²) in [6, 6.07) is 11.7. The predicted molar refractivity (Wildman–Crippen MR) is 128 cm³/mol. The molecule has 0 radical (unpaired) electrons. The fraction of sp³-hybridized carbons (Fsp3) is 0.120. The molecule has 8 heteroatoms. The number of aromatic carboxylic acids is 1. The van der Waals surface area contributed by atoms with Gasteiger partial charge in [0.05, 0.1) is 17.7 Å². The number of ether oxygens (including phenoxy) is 1. The highest BCUT2D eigenvalue weighted by Crippen LogP contribution is 2.35. The topological polar surface area (TPSA) is 88.9 Å². The summed E-state index contributed by atoms with van der Waals surface area (Å²) in [7, 11) is 1.55. The fourth-order valence-electron chi connectivity index (χ4n) is 3.75. The van der Waals surface area contributed by atoms with Crippen LogP contribution < -0.4 is 4.74 Å². The summed E-state index contributed by atoms with van der Waals surface area (Å²) in [6.45, 7) is 0. The maximum absolute atomic E-state index is 13.6. The minimum Gasteiger partial charge on any atom is -0.496 e. The molecule has 1 N–H and O–H groups in total. The zero-order chi connectivity index (χ0) is 23.6. The van der Waals surface area contributed by atoms with Gasteiger partial charge in [-0.05, 0) is 59.7 Å². The summed E-state index contributed by atoms with van der Waals surface area (Å²) < 4.78 is 5.54. The van der Waals surface area contributed by atoms with Crippen molar-refractivity contribution in [3.8, 4) is 16.9 Å². The van der Waals surface area contributed by atoms with Crippen molar-refractivity contribution in [1.82, 2.24) is 4.98 Å². The molecule has 0 aliphatic carbocycles. The van der Waals surface area contributed by atoms with E-state index in [0.29, 0.717) is 21.9 Å². The third-order valence-electron chi connectivity index (χ3n) is 5.39. The van der Waals surface area contributed by atoms with Gasteiger partial charge in [-0.25, -0.2) is 4.79 Å². The van der Waals surface area contributed by atoms with Gasteiger partial charge in [0.25, 0.3) is 0 Å². The number of Topliss-reactive ketones (excluding diaryl/α,β-unsaturated/α-hetero) is 1. The fourth-order valence-corrected chi connectivity index (χ4v) is 4.24. The Hall–Kier alpha value is -3.48. The number of aliphatic imine (C=N–C) groups is 1. The number of nitrogens with zero attached hydrogens (tertiary/aromatic N) is 2. The van der Waals surface area contributed by atoms with Crippen LogP contribution in [0.3, 0.4) is 0 Å².